The third-order valence-electron chi connectivity index (χ3n) is 5.22. The van der Waals surface area contributed by atoms with Gasteiger partial charge in [0.2, 0.25) is 0 Å². The zero-order valence-corrected chi connectivity index (χ0v) is 19.1. The number of aryl methyl sites for hydroxylation is 1. The molecule has 0 aliphatic heterocycles. The molecule has 0 spiro atoms. The molecule has 0 aliphatic rings. The van der Waals surface area contributed by atoms with E-state index in [1.165, 1.54) is 0 Å². The highest BCUT2D eigenvalue weighted by Gasteiger charge is 2.20. The van der Waals surface area contributed by atoms with Gasteiger partial charge >= 0.3 is 0 Å². The Labute approximate surface area is 176 Å². The summed E-state index contributed by atoms with van der Waals surface area (Å²) in [5, 5.41) is 10.5. The van der Waals surface area contributed by atoms with Gasteiger partial charge in [0, 0.05) is 37.8 Å². The van der Waals surface area contributed by atoms with Crippen molar-refractivity contribution in [3.8, 4) is 17.0 Å². The highest BCUT2D eigenvalue weighted by atomic mass is 28.3. The zero-order chi connectivity index (χ0) is 21.5. The summed E-state index contributed by atoms with van der Waals surface area (Å²) < 4.78 is 9.33. The predicted molar refractivity (Wildman–Crippen MR) is 122 cm³/mol. The molecule has 3 heterocycles. The Balaban J connectivity index is 1.89. The van der Waals surface area contributed by atoms with Gasteiger partial charge in [0.25, 0.3) is 0 Å². The maximum absolute atomic E-state index is 9.47. The average Bonchev–Trinajstić information content (AvgIpc) is 3.23. The Morgan fingerprint density at radius 3 is 2.67 bits per heavy atom. The molecule has 0 amide bonds. The summed E-state index contributed by atoms with van der Waals surface area (Å²) in [4.78, 5) is 15.3. The first-order chi connectivity index (χ1) is 14.3. The third-order valence-corrected chi connectivity index (χ3v) is 6.92. The van der Waals surface area contributed by atoms with E-state index in [9.17, 15) is 5.11 Å². The number of benzene rings is 1. The summed E-state index contributed by atoms with van der Waals surface area (Å²) in [5.74, 6) is 0.802. The van der Waals surface area contributed by atoms with E-state index >= 15 is 0 Å². The molecule has 0 atom stereocenters. The minimum absolute atomic E-state index is 0.147. The van der Waals surface area contributed by atoms with Gasteiger partial charge in [0.05, 0.1) is 31.3 Å². The fourth-order valence-corrected chi connectivity index (χ4v) is 4.23. The van der Waals surface area contributed by atoms with Gasteiger partial charge in [-0.3, -0.25) is 0 Å². The van der Waals surface area contributed by atoms with Gasteiger partial charge in [0.1, 0.15) is 17.9 Å². The van der Waals surface area contributed by atoms with E-state index in [0.717, 1.165) is 34.0 Å². The maximum Gasteiger partial charge on any atom is 0.194 e. The van der Waals surface area contributed by atoms with Crippen LogP contribution in [0.3, 0.4) is 0 Å². The second-order valence-corrected chi connectivity index (χ2v) is 14.4. The summed E-state index contributed by atoms with van der Waals surface area (Å²) in [6, 6.07) is 9.07. The van der Waals surface area contributed by atoms with Crippen LogP contribution in [0, 0.1) is 0 Å². The standard InChI is InChI=1S/C22H28N4O3Si/c1-25-13-18(17-10-16(28-2)6-7-20(17)25)21-11-19-22(23-12-15(14-27)24-19)26(21)29-8-9-30(3,4)5/h6-7,10-13,27H,8-9,14H2,1-5H3. The lowest BCUT2D eigenvalue weighted by Gasteiger charge is -2.17. The van der Waals surface area contributed by atoms with E-state index in [-0.39, 0.29) is 6.61 Å². The SMILES string of the molecule is COc1ccc2c(c1)c(-c1cc3nc(CO)cnc3n1OCC[Si](C)(C)C)cn2C. The molecule has 0 aliphatic carbocycles. The van der Waals surface area contributed by atoms with Crippen LogP contribution in [-0.2, 0) is 13.7 Å². The molecule has 0 unspecified atom stereocenters. The number of methoxy groups -OCH3 is 1. The quantitative estimate of drug-likeness (QED) is 0.456. The molecule has 0 saturated heterocycles. The van der Waals surface area contributed by atoms with Crippen LogP contribution < -0.4 is 9.57 Å². The highest BCUT2D eigenvalue weighted by molar-refractivity contribution is 6.76. The minimum Gasteiger partial charge on any atom is -0.497 e. The van der Waals surface area contributed by atoms with Gasteiger partial charge in [-0.15, -0.1) is 0 Å². The molecular formula is C22H28N4O3Si. The zero-order valence-electron chi connectivity index (χ0n) is 18.1. The summed E-state index contributed by atoms with van der Waals surface area (Å²) in [6.07, 6.45) is 3.68. The van der Waals surface area contributed by atoms with Crippen molar-refractivity contribution in [1.82, 2.24) is 19.3 Å². The van der Waals surface area contributed by atoms with Gasteiger partial charge < -0.3 is 19.2 Å². The Morgan fingerprint density at radius 2 is 1.97 bits per heavy atom. The number of rotatable bonds is 7. The first kappa shape index (κ1) is 20.4. The van der Waals surface area contributed by atoms with Crippen molar-refractivity contribution in [2.75, 3.05) is 13.7 Å². The summed E-state index contributed by atoms with van der Waals surface area (Å²) in [6.45, 7) is 7.45. The van der Waals surface area contributed by atoms with Crippen LogP contribution in [0.25, 0.3) is 33.3 Å². The number of aliphatic hydroxyl groups excluding tert-OH is 1. The summed E-state index contributed by atoms with van der Waals surface area (Å²) in [5.41, 5.74) is 4.89. The lowest BCUT2D eigenvalue weighted by atomic mass is 10.1. The van der Waals surface area contributed by atoms with Crippen LogP contribution >= 0.6 is 0 Å². The molecule has 4 aromatic rings. The largest absolute Gasteiger partial charge is 0.497 e. The van der Waals surface area contributed by atoms with Crippen molar-refractivity contribution in [2.24, 2.45) is 7.05 Å². The van der Waals surface area contributed by atoms with Gasteiger partial charge in [-0.1, -0.05) is 19.6 Å². The molecule has 30 heavy (non-hydrogen) atoms. The van der Waals surface area contributed by atoms with Crippen molar-refractivity contribution in [1.29, 1.82) is 0 Å². The molecule has 7 nitrogen and oxygen atoms in total. The molecule has 0 fully saturated rings. The van der Waals surface area contributed by atoms with E-state index in [0.29, 0.717) is 23.5 Å². The lowest BCUT2D eigenvalue weighted by molar-refractivity contribution is 0.134. The molecule has 0 saturated carbocycles. The van der Waals surface area contributed by atoms with Crippen molar-refractivity contribution < 1.29 is 14.7 Å². The van der Waals surface area contributed by atoms with Crippen molar-refractivity contribution in [3.63, 3.8) is 0 Å². The van der Waals surface area contributed by atoms with Crippen LogP contribution in [-0.4, -0.2) is 46.2 Å². The first-order valence-electron chi connectivity index (χ1n) is 10.1. The molecular weight excluding hydrogens is 396 g/mol. The van der Waals surface area contributed by atoms with Crippen LogP contribution in [0.15, 0.2) is 36.7 Å². The van der Waals surface area contributed by atoms with Crippen LogP contribution in [0.2, 0.25) is 25.7 Å². The lowest BCUT2D eigenvalue weighted by Crippen LogP contribution is -2.25. The van der Waals surface area contributed by atoms with E-state index in [1.54, 1.807) is 18.0 Å². The fourth-order valence-electron chi connectivity index (χ4n) is 3.53. The number of ether oxygens (including phenoxy) is 1. The Kier molecular flexibility index (Phi) is 5.29. The van der Waals surface area contributed by atoms with Gasteiger partial charge in [-0.05, 0) is 30.3 Å². The monoisotopic (exact) mass is 424 g/mol. The number of aromatic nitrogens is 4. The molecule has 1 N–H and O–H groups in total. The topological polar surface area (TPSA) is 74.3 Å². The number of nitrogens with zero attached hydrogens (tertiary/aromatic N) is 4. The molecule has 3 aromatic heterocycles. The molecule has 0 radical (unpaired) electrons. The van der Waals surface area contributed by atoms with Crippen LogP contribution in [0.1, 0.15) is 5.69 Å². The van der Waals surface area contributed by atoms with Gasteiger partial charge in [-0.25, -0.2) is 9.97 Å². The molecule has 158 valence electrons. The van der Waals surface area contributed by atoms with Gasteiger partial charge in [0.15, 0.2) is 5.65 Å². The van der Waals surface area contributed by atoms with Crippen molar-refractivity contribution >= 4 is 30.1 Å². The average molecular weight is 425 g/mol. The van der Waals surface area contributed by atoms with E-state index in [2.05, 4.69) is 46.4 Å². The third kappa shape index (κ3) is 3.80. The number of hydrogen-bond donors (Lipinski definition) is 1. The normalized spacial score (nSPS) is 12.1. The number of fused-ring (bicyclic) bond motifs is 2. The predicted octanol–water partition coefficient (Wildman–Crippen LogP) is 3.86. The smallest absolute Gasteiger partial charge is 0.194 e. The summed E-state index contributed by atoms with van der Waals surface area (Å²) in [7, 11) is 2.45. The maximum atomic E-state index is 9.47. The molecule has 8 heteroatoms. The Hall–Kier alpha value is -2.84. The first-order valence-corrected chi connectivity index (χ1v) is 13.8. The van der Waals surface area contributed by atoms with E-state index in [4.69, 9.17) is 9.57 Å². The van der Waals surface area contributed by atoms with Crippen LogP contribution in [0.5, 0.6) is 5.75 Å². The second kappa shape index (κ2) is 7.77. The Bertz CT molecular complexity index is 1210. The molecule has 1 aromatic carbocycles. The van der Waals surface area contributed by atoms with E-state index in [1.807, 2.05) is 25.2 Å². The molecule has 4 rings (SSSR count). The minimum atomic E-state index is -1.25. The number of hydrogen-bond acceptors (Lipinski definition) is 5. The van der Waals surface area contributed by atoms with Crippen molar-refractivity contribution in [2.45, 2.75) is 32.3 Å². The van der Waals surface area contributed by atoms with Crippen molar-refractivity contribution in [3.05, 3.63) is 42.4 Å². The summed E-state index contributed by atoms with van der Waals surface area (Å²) >= 11 is 0. The molecule has 0 bridgehead atoms. The highest BCUT2D eigenvalue weighted by Crippen LogP contribution is 2.35. The second-order valence-electron chi connectivity index (χ2n) is 8.73. The van der Waals surface area contributed by atoms with Gasteiger partial charge in [-0.2, -0.15) is 4.73 Å². The fraction of sp³-hybridized carbons (Fsp3) is 0.364. The number of aliphatic hydroxyl groups is 1. The Morgan fingerprint density at radius 1 is 1.17 bits per heavy atom. The van der Waals surface area contributed by atoms with E-state index < -0.39 is 8.07 Å². The van der Waals surface area contributed by atoms with Crippen LogP contribution in [0.4, 0.5) is 0 Å².